The van der Waals surface area contributed by atoms with E-state index in [0.29, 0.717) is 11.7 Å². The van der Waals surface area contributed by atoms with Gasteiger partial charge in [-0.3, -0.25) is 4.68 Å². The van der Waals surface area contributed by atoms with Crippen molar-refractivity contribution in [1.29, 1.82) is 0 Å². The molecule has 0 aromatic carbocycles. The molecule has 0 spiro atoms. The summed E-state index contributed by atoms with van der Waals surface area (Å²) in [5.74, 6) is 0.778. The fourth-order valence-electron chi connectivity index (χ4n) is 1.47. The van der Waals surface area contributed by atoms with Crippen molar-refractivity contribution < 1.29 is 0 Å². The van der Waals surface area contributed by atoms with Crippen LogP contribution < -0.4 is 11.1 Å². The van der Waals surface area contributed by atoms with Gasteiger partial charge in [-0.2, -0.15) is 5.10 Å². The van der Waals surface area contributed by atoms with E-state index in [1.165, 1.54) is 0 Å². The molecule has 0 saturated heterocycles. The second kappa shape index (κ2) is 4.45. The minimum Gasteiger partial charge on any atom is -0.397 e. The molecule has 0 bridgehead atoms. The van der Waals surface area contributed by atoms with Gasteiger partial charge >= 0.3 is 0 Å². The van der Waals surface area contributed by atoms with Crippen LogP contribution in [0.15, 0.2) is 24.5 Å². The van der Waals surface area contributed by atoms with Crippen molar-refractivity contribution in [3.05, 3.63) is 30.2 Å². The highest BCUT2D eigenvalue weighted by molar-refractivity contribution is 5.57. The van der Waals surface area contributed by atoms with Crippen molar-refractivity contribution in [2.45, 2.75) is 26.8 Å². The zero-order valence-corrected chi connectivity index (χ0v) is 10.3. The lowest BCUT2D eigenvalue weighted by atomic mass is 10.3. The van der Waals surface area contributed by atoms with E-state index in [-0.39, 0.29) is 0 Å². The van der Waals surface area contributed by atoms with Crippen molar-refractivity contribution >= 4 is 17.2 Å². The fourth-order valence-corrected chi connectivity index (χ4v) is 1.47. The molecule has 5 nitrogen and oxygen atoms in total. The smallest absolute Gasteiger partial charge is 0.130 e. The number of hydrogen-bond acceptors (Lipinski definition) is 4. The van der Waals surface area contributed by atoms with E-state index in [2.05, 4.69) is 29.2 Å². The highest BCUT2D eigenvalue weighted by Gasteiger charge is 2.03. The number of anilines is 3. The summed E-state index contributed by atoms with van der Waals surface area (Å²) < 4.78 is 1.90. The van der Waals surface area contributed by atoms with Gasteiger partial charge in [-0.15, -0.1) is 0 Å². The molecule has 2 rings (SSSR count). The van der Waals surface area contributed by atoms with Crippen molar-refractivity contribution in [3.63, 3.8) is 0 Å². The van der Waals surface area contributed by atoms with Gasteiger partial charge < -0.3 is 11.1 Å². The van der Waals surface area contributed by atoms with Gasteiger partial charge in [0.2, 0.25) is 0 Å². The summed E-state index contributed by atoms with van der Waals surface area (Å²) in [6, 6.07) is 4.05. The van der Waals surface area contributed by atoms with Gasteiger partial charge in [-0.05, 0) is 32.9 Å². The highest BCUT2D eigenvalue weighted by Crippen LogP contribution is 2.17. The highest BCUT2D eigenvalue weighted by atomic mass is 15.3. The Hall–Kier alpha value is -2.04. The molecule has 2 aromatic rings. The van der Waals surface area contributed by atoms with Crippen LogP contribution in [-0.2, 0) is 0 Å². The average molecular weight is 231 g/mol. The van der Waals surface area contributed by atoms with Crippen LogP contribution in [0, 0.1) is 6.92 Å². The third-order valence-electron chi connectivity index (χ3n) is 2.53. The monoisotopic (exact) mass is 231 g/mol. The molecule has 0 saturated carbocycles. The number of pyridine rings is 1. The van der Waals surface area contributed by atoms with Crippen LogP contribution in [0.5, 0.6) is 0 Å². The summed E-state index contributed by atoms with van der Waals surface area (Å²) in [5, 5.41) is 7.45. The summed E-state index contributed by atoms with van der Waals surface area (Å²) in [6.07, 6.45) is 3.74. The van der Waals surface area contributed by atoms with Gasteiger partial charge in [0.15, 0.2) is 0 Å². The van der Waals surface area contributed by atoms with Gasteiger partial charge in [0.25, 0.3) is 0 Å². The zero-order valence-electron chi connectivity index (χ0n) is 10.3. The molecular weight excluding hydrogens is 214 g/mol. The van der Waals surface area contributed by atoms with Crippen molar-refractivity contribution in [3.8, 4) is 0 Å². The average Bonchev–Trinajstić information content (AvgIpc) is 2.72. The maximum absolute atomic E-state index is 5.72. The Balaban J connectivity index is 2.16. The molecule has 17 heavy (non-hydrogen) atoms. The lowest BCUT2D eigenvalue weighted by molar-refractivity contribution is 0.532. The second-order valence-corrected chi connectivity index (χ2v) is 4.30. The Morgan fingerprint density at radius 3 is 2.71 bits per heavy atom. The van der Waals surface area contributed by atoms with Crippen LogP contribution in [0.25, 0.3) is 0 Å². The number of aryl methyl sites for hydroxylation is 1. The number of hydrogen-bond donors (Lipinski definition) is 2. The van der Waals surface area contributed by atoms with Crippen molar-refractivity contribution in [2.24, 2.45) is 0 Å². The second-order valence-electron chi connectivity index (χ2n) is 4.30. The normalized spacial score (nSPS) is 10.8. The molecule has 0 radical (unpaired) electrons. The number of nitrogens with one attached hydrogen (secondary N) is 1. The molecule has 0 unspecified atom stereocenters. The first-order valence-corrected chi connectivity index (χ1v) is 5.60. The maximum Gasteiger partial charge on any atom is 0.130 e. The first kappa shape index (κ1) is 11.4. The Bertz CT molecular complexity index is 515. The quantitative estimate of drug-likeness (QED) is 0.851. The summed E-state index contributed by atoms with van der Waals surface area (Å²) in [7, 11) is 0. The predicted octanol–water partition coefficient (Wildman–Crippen LogP) is 2.49. The van der Waals surface area contributed by atoms with E-state index in [0.717, 1.165) is 17.2 Å². The van der Waals surface area contributed by atoms with Gasteiger partial charge in [0, 0.05) is 12.2 Å². The maximum atomic E-state index is 5.72. The molecule has 2 heterocycles. The Labute approximate surface area is 101 Å². The first-order valence-electron chi connectivity index (χ1n) is 5.60. The fraction of sp³-hybridized carbons (Fsp3) is 0.333. The van der Waals surface area contributed by atoms with Gasteiger partial charge in [0.1, 0.15) is 5.82 Å². The number of nitrogens with zero attached hydrogens (tertiary/aromatic N) is 3. The molecule has 0 amide bonds. The molecule has 0 aliphatic rings. The Kier molecular flexibility index (Phi) is 2.99. The third-order valence-corrected chi connectivity index (χ3v) is 2.53. The molecule has 0 fully saturated rings. The van der Waals surface area contributed by atoms with Crippen LogP contribution in [-0.4, -0.2) is 14.8 Å². The van der Waals surface area contributed by atoms with E-state index < -0.39 is 0 Å². The molecule has 90 valence electrons. The number of nitrogens with two attached hydrogens (primary N) is 1. The largest absolute Gasteiger partial charge is 0.397 e. The van der Waals surface area contributed by atoms with Crippen LogP contribution >= 0.6 is 0 Å². The lowest BCUT2D eigenvalue weighted by Crippen LogP contribution is -2.00. The van der Waals surface area contributed by atoms with Gasteiger partial charge in [-0.25, -0.2) is 4.98 Å². The predicted molar refractivity (Wildman–Crippen MR) is 69.3 cm³/mol. The van der Waals surface area contributed by atoms with Crippen LogP contribution in [0.1, 0.15) is 25.6 Å². The van der Waals surface area contributed by atoms with E-state index in [4.69, 9.17) is 5.73 Å². The molecule has 2 aromatic heterocycles. The van der Waals surface area contributed by atoms with E-state index >= 15 is 0 Å². The Morgan fingerprint density at radius 1 is 1.35 bits per heavy atom. The molecule has 0 aliphatic heterocycles. The minimum atomic E-state index is 0.353. The molecule has 5 heteroatoms. The summed E-state index contributed by atoms with van der Waals surface area (Å²) in [5.41, 5.74) is 8.17. The van der Waals surface area contributed by atoms with Crippen molar-refractivity contribution in [2.75, 3.05) is 11.1 Å². The standard InChI is InChI=1S/C12H17N5/c1-8(2)17-7-10(6-14-17)16-12-5-4-11(13)9(3)15-12/h4-8H,13H2,1-3H3,(H,15,16). The summed E-state index contributed by atoms with van der Waals surface area (Å²) >= 11 is 0. The summed E-state index contributed by atoms with van der Waals surface area (Å²) in [4.78, 5) is 4.35. The van der Waals surface area contributed by atoms with E-state index in [1.54, 1.807) is 6.20 Å². The number of aromatic nitrogens is 3. The van der Waals surface area contributed by atoms with Crippen LogP contribution in [0.4, 0.5) is 17.2 Å². The van der Waals surface area contributed by atoms with Gasteiger partial charge in [-0.1, -0.05) is 0 Å². The molecule has 3 N–H and O–H groups in total. The van der Waals surface area contributed by atoms with E-state index in [9.17, 15) is 0 Å². The van der Waals surface area contributed by atoms with Gasteiger partial charge in [0.05, 0.1) is 23.3 Å². The molecule has 0 atom stereocenters. The number of rotatable bonds is 3. The van der Waals surface area contributed by atoms with Crippen LogP contribution in [0.2, 0.25) is 0 Å². The van der Waals surface area contributed by atoms with Crippen molar-refractivity contribution in [1.82, 2.24) is 14.8 Å². The lowest BCUT2D eigenvalue weighted by Gasteiger charge is -2.06. The number of nitrogen functional groups attached to an aromatic ring is 1. The van der Waals surface area contributed by atoms with E-state index in [1.807, 2.05) is 29.9 Å². The SMILES string of the molecule is Cc1nc(Nc2cnn(C(C)C)c2)ccc1N. The third kappa shape index (κ3) is 2.55. The topological polar surface area (TPSA) is 68.8 Å². The summed E-state index contributed by atoms with van der Waals surface area (Å²) in [6.45, 7) is 6.06. The molecular formula is C12H17N5. The first-order chi connectivity index (χ1) is 8.06. The minimum absolute atomic E-state index is 0.353. The Morgan fingerprint density at radius 2 is 2.12 bits per heavy atom. The molecule has 0 aliphatic carbocycles. The zero-order chi connectivity index (χ0) is 12.4. The van der Waals surface area contributed by atoms with Crippen LogP contribution in [0.3, 0.4) is 0 Å².